The highest BCUT2D eigenvalue weighted by Crippen LogP contribution is 2.28. The number of rotatable bonds is 2. The van der Waals surface area contributed by atoms with Crippen molar-refractivity contribution in [2.75, 3.05) is 13.1 Å². The van der Waals surface area contributed by atoms with Gasteiger partial charge in [0.1, 0.15) is 11.9 Å². The van der Waals surface area contributed by atoms with Crippen LogP contribution < -0.4 is 10.1 Å². The van der Waals surface area contributed by atoms with Crippen molar-refractivity contribution in [3.63, 3.8) is 0 Å². The third-order valence-electron chi connectivity index (χ3n) is 3.46. The Morgan fingerprint density at radius 1 is 1.24 bits per heavy atom. The average molecular weight is 230 g/mol. The molecule has 1 aliphatic heterocycles. The molecule has 0 atom stereocenters. The maximum atomic E-state index is 6.11. The van der Waals surface area contributed by atoms with E-state index in [0.29, 0.717) is 6.10 Å². The first-order valence-electron chi connectivity index (χ1n) is 6.28. The minimum absolute atomic E-state index is 0.352. The molecule has 3 nitrogen and oxygen atoms in total. The molecular weight excluding hydrogens is 212 g/mol. The van der Waals surface area contributed by atoms with Crippen LogP contribution in [0.1, 0.15) is 18.4 Å². The number of nitrogens with one attached hydrogen (secondary N) is 2. The zero-order valence-corrected chi connectivity index (χ0v) is 10.1. The van der Waals surface area contributed by atoms with Gasteiger partial charge in [0.25, 0.3) is 0 Å². The lowest BCUT2D eigenvalue weighted by Gasteiger charge is -2.24. The Labute approximate surface area is 101 Å². The maximum Gasteiger partial charge on any atom is 0.143 e. The van der Waals surface area contributed by atoms with E-state index in [-0.39, 0.29) is 0 Å². The van der Waals surface area contributed by atoms with E-state index in [1.165, 1.54) is 10.9 Å². The first-order chi connectivity index (χ1) is 8.34. The van der Waals surface area contributed by atoms with Gasteiger partial charge in [-0.15, -0.1) is 0 Å². The van der Waals surface area contributed by atoms with Gasteiger partial charge in [-0.25, -0.2) is 0 Å². The quantitative estimate of drug-likeness (QED) is 0.832. The summed E-state index contributed by atoms with van der Waals surface area (Å²) in [5.41, 5.74) is 2.40. The van der Waals surface area contributed by atoms with E-state index in [2.05, 4.69) is 35.4 Å². The molecule has 90 valence electrons. The Morgan fingerprint density at radius 3 is 2.88 bits per heavy atom. The summed E-state index contributed by atoms with van der Waals surface area (Å²) in [4.78, 5) is 3.31. The fourth-order valence-electron chi connectivity index (χ4n) is 2.46. The zero-order valence-electron chi connectivity index (χ0n) is 10.1. The van der Waals surface area contributed by atoms with Crippen molar-refractivity contribution in [1.29, 1.82) is 0 Å². The van der Waals surface area contributed by atoms with Crippen LogP contribution in [0.25, 0.3) is 10.9 Å². The molecule has 0 aliphatic carbocycles. The van der Waals surface area contributed by atoms with Gasteiger partial charge in [0, 0.05) is 11.6 Å². The third-order valence-corrected chi connectivity index (χ3v) is 3.46. The third kappa shape index (κ3) is 2.03. The number of aromatic amines is 1. The fraction of sp³-hybridized carbons (Fsp3) is 0.429. The Hall–Kier alpha value is -1.48. The highest BCUT2D eigenvalue weighted by atomic mass is 16.5. The van der Waals surface area contributed by atoms with E-state index >= 15 is 0 Å². The Bertz CT molecular complexity index is 512. The van der Waals surface area contributed by atoms with Crippen molar-refractivity contribution in [3.05, 3.63) is 30.0 Å². The molecule has 1 saturated heterocycles. The molecule has 2 N–H and O–H groups in total. The molecular formula is C14H18N2O. The summed E-state index contributed by atoms with van der Waals surface area (Å²) in [6, 6.07) is 6.26. The smallest absolute Gasteiger partial charge is 0.143 e. The van der Waals surface area contributed by atoms with E-state index < -0.39 is 0 Å². The number of benzene rings is 1. The van der Waals surface area contributed by atoms with Gasteiger partial charge in [0.2, 0.25) is 0 Å². The van der Waals surface area contributed by atoms with Gasteiger partial charge in [-0.1, -0.05) is 12.1 Å². The molecule has 0 radical (unpaired) electrons. The molecule has 17 heavy (non-hydrogen) atoms. The van der Waals surface area contributed by atoms with Crippen LogP contribution in [0.4, 0.5) is 0 Å². The number of hydrogen-bond donors (Lipinski definition) is 2. The van der Waals surface area contributed by atoms with E-state index in [4.69, 9.17) is 4.74 Å². The van der Waals surface area contributed by atoms with Crippen LogP contribution in [0.15, 0.2) is 24.4 Å². The van der Waals surface area contributed by atoms with Gasteiger partial charge in [-0.2, -0.15) is 0 Å². The van der Waals surface area contributed by atoms with Crippen LogP contribution in [0, 0.1) is 6.92 Å². The Kier molecular flexibility index (Phi) is 2.77. The Balaban J connectivity index is 1.89. The van der Waals surface area contributed by atoms with Crippen molar-refractivity contribution in [3.8, 4) is 5.75 Å². The van der Waals surface area contributed by atoms with Crippen molar-refractivity contribution < 1.29 is 4.74 Å². The SMILES string of the molecule is Cc1c[nH]c2c(OC3CCNCC3)cccc12. The van der Waals surface area contributed by atoms with Crippen LogP contribution in [0.3, 0.4) is 0 Å². The predicted molar refractivity (Wildman–Crippen MR) is 69.6 cm³/mol. The molecule has 1 aromatic carbocycles. The van der Waals surface area contributed by atoms with Crippen molar-refractivity contribution in [1.82, 2.24) is 10.3 Å². The number of fused-ring (bicyclic) bond motifs is 1. The second-order valence-corrected chi connectivity index (χ2v) is 4.72. The van der Waals surface area contributed by atoms with Gasteiger partial charge in [-0.05, 0) is 44.5 Å². The lowest BCUT2D eigenvalue weighted by molar-refractivity contribution is 0.164. The van der Waals surface area contributed by atoms with E-state index in [9.17, 15) is 0 Å². The number of aryl methyl sites for hydroxylation is 1. The molecule has 2 aromatic rings. The number of piperidine rings is 1. The normalized spacial score (nSPS) is 17.5. The van der Waals surface area contributed by atoms with Crippen LogP contribution in [0.5, 0.6) is 5.75 Å². The number of aromatic nitrogens is 1. The summed E-state index contributed by atoms with van der Waals surface area (Å²) >= 11 is 0. The van der Waals surface area contributed by atoms with Gasteiger partial charge in [-0.3, -0.25) is 0 Å². The minimum atomic E-state index is 0.352. The second kappa shape index (κ2) is 4.41. The van der Waals surface area contributed by atoms with Crippen LogP contribution >= 0.6 is 0 Å². The average Bonchev–Trinajstić information content (AvgIpc) is 2.74. The molecule has 1 aromatic heterocycles. The second-order valence-electron chi connectivity index (χ2n) is 4.72. The summed E-state index contributed by atoms with van der Waals surface area (Å²) in [6.07, 6.45) is 4.58. The predicted octanol–water partition coefficient (Wildman–Crippen LogP) is 2.61. The number of para-hydroxylation sites is 1. The summed E-state index contributed by atoms with van der Waals surface area (Å²) in [6.45, 7) is 4.24. The number of H-pyrrole nitrogens is 1. The molecule has 3 rings (SSSR count). The molecule has 1 fully saturated rings. The van der Waals surface area contributed by atoms with Gasteiger partial charge in [0.05, 0.1) is 5.52 Å². The minimum Gasteiger partial charge on any atom is -0.488 e. The number of ether oxygens (including phenoxy) is 1. The molecule has 0 unspecified atom stereocenters. The lowest BCUT2D eigenvalue weighted by atomic mass is 10.1. The van der Waals surface area contributed by atoms with Gasteiger partial charge >= 0.3 is 0 Å². The fourth-order valence-corrected chi connectivity index (χ4v) is 2.46. The summed E-state index contributed by atoms with van der Waals surface area (Å²) < 4.78 is 6.11. The lowest BCUT2D eigenvalue weighted by Crippen LogP contribution is -2.34. The molecule has 2 heterocycles. The van der Waals surface area contributed by atoms with Crippen molar-refractivity contribution >= 4 is 10.9 Å². The maximum absolute atomic E-state index is 6.11. The van der Waals surface area contributed by atoms with E-state index in [1.807, 2.05) is 6.20 Å². The van der Waals surface area contributed by atoms with E-state index in [0.717, 1.165) is 37.2 Å². The molecule has 1 aliphatic rings. The highest BCUT2D eigenvalue weighted by Gasteiger charge is 2.16. The van der Waals surface area contributed by atoms with Crippen molar-refractivity contribution in [2.45, 2.75) is 25.9 Å². The van der Waals surface area contributed by atoms with Crippen LogP contribution in [-0.2, 0) is 0 Å². The molecule has 0 spiro atoms. The van der Waals surface area contributed by atoms with Gasteiger partial charge in [0.15, 0.2) is 0 Å². The largest absolute Gasteiger partial charge is 0.488 e. The summed E-state index contributed by atoms with van der Waals surface area (Å²) in [5.74, 6) is 0.988. The monoisotopic (exact) mass is 230 g/mol. The van der Waals surface area contributed by atoms with Gasteiger partial charge < -0.3 is 15.0 Å². The van der Waals surface area contributed by atoms with E-state index in [1.54, 1.807) is 0 Å². The summed E-state index contributed by atoms with van der Waals surface area (Å²) in [5, 5.41) is 4.61. The molecule has 3 heteroatoms. The zero-order chi connectivity index (χ0) is 11.7. The first kappa shape index (κ1) is 10.7. The molecule has 0 saturated carbocycles. The highest BCUT2D eigenvalue weighted by molar-refractivity contribution is 5.88. The molecule has 0 bridgehead atoms. The Morgan fingerprint density at radius 2 is 2.06 bits per heavy atom. The first-order valence-corrected chi connectivity index (χ1v) is 6.28. The van der Waals surface area contributed by atoms with Crippen molar-refractivity contribution in [2.24, 2.45) is 0 Å². The van der Waals surface area contributed by atoms with Crippen LogP contribution in [0.2, 0.25) is 0 Å². The topological polar surface area (TPSA) is 37.0 Å². The number of hydrogen-bond acceptors (Lipinski definition) is 2. The molecule has 0 amide bonds. The summed E-state index contributed by atoms with van der Waals surface area (Å²) in [7, 11) is 0. The standard InChI is InChI=1S/C14H18N2O/c1-10-9-16-14-12(10)3-2-4-13(14)17-11-5-7-15-8-6-11/h2-4,9,11,15-16H,5-8H2,1H3. The van der Waals surface area contributed by atoms with Crippen LogP contribution in [-0.4, -0.2) is 24.2 Å².